The third-order valence-corrected chi connectivity index (χ3v) is 0.133. The molecule has 0 aliphatic heterocycles. The van der Waals surface area contributed by atoms with Crippen molar-refractivity contribution in [3.05, 3.63) is 12.7 Å². The summed E-state index contributed by atoms with van der Waals surface area (Å²) in [7, 11) is 0. The minimum absolute atomic E-state index is 0.968. The number of hydrogen-bond donors (Lipinski definition) is 1. The first-order valence-corrected chi connectivity index (χ1v) is 2.05. The Bertz CT molecular complexity index is 125. The van der Waals surface area contributed by atoms with E-state index in [1.165, 1.54) is 0 Å². The number of allylic oxidation sites excluding steroid dienone is 1. The summed E-state index contributed by atoms with van der Waals surface area (Å²) < 4.78 is 3.26. The molecule has 0 unspecified atom stereocenters. The molecule has 0 aliphatic carbocycles. The second-order valence-corrected chi connectivity index (χ2v) is 0.868. The smallest absolute Gasteiger partial charge is 0.449 e. The Hall–Kier alpha value is -1.50. The molecule has 50 valence electrons. The molecule has 0 saturated heterocycles. The molecule has 0 rings (SSSR count). The van der Waals surface area contributed by atoms with Crippen molar-refractivity contribution in [1.29, 1.82) is 5.26 Å². The number of ether oxygens (including phenoxy) is 1. The van der Waals surface area contributed by atoms with Gasteiger partial charge in [0.2, 0.25) is 0 Å². The van der Waals surface area contributed by atoms with Crippen molar-refractivity contribution >= 4 is 6.16 Å². The number of hydrogen-bond acceptors (Lipinski definition) is 3. The van der Waals surface area contributed by atoms with Crippen LogP contribution in [0.2, 0.25) is 0 Å². The predicted octanol–water partition coefficient (Wildman–Crippen LogP) is 1.35. The summed E-state index contributed by atoms with van der Waals surface area (Å²) in [4.78, 5) is 9.15. The third-order valence-electron chi connectivity index (χ3n) is 0.133. The van der Waals surface area contributed by atoms with Gasteiger partial charge in [-0.3, -0.25) is 0 Å². The van der Waals surface area contributed by atoms with Gasteiger partial charge < -0.3 is 9.84 Å². The highest BCUT2D eigenvalue weighted by Crippen LogP contribution is 1.65. The average molecular weight is 129 g/mol. The van der Waals surface area contributed by atoms with Gasteiger partial charge in [-0.25, -0.2) is 4.79 Å². The monoisotopic (exact) mass is 129 g/mol. The molecule has 9 heavy (non-hydrogen) atoms. The number of nitriles is 1. The Labute approximate surface area is 53.0 Å². The maximum absolute atomic E-state index is 9.15. The minimum Gasteiger partial charge on any atom is -0.449 e. The highest BCUT2D eigenvalue weighted by molar-refractivity contribution is 5.57. The van der Waals surface area contributed by atoms with Crippen LogP contribution in [0.15, 0.2) is 12.7 Å². The maximum Gasteiger partial charge on any atom is 0.521 e. The van der Waals surface area contributed by atoms with E-state index in [0.29, 0.717) is 0 Å². The number of rotatable bonds is 0. The fraction of sp³-hybridized carbons (Fsp3) is 0.200. The summed E-state index contributed by atoms with van der Waals surface area (Å²) in [5, 5.41) is 14.9. The molecule has 0 atom stereocenters. The van der Waals surface area contributed by atoms with Crippen LogP contribution in [0.4, 0.5) is 4.79 Å². The molecule has 0 amide bonds. The van der Waals surface area contributed by atoms with Gasteiger partial charge in [-0.1, -0.05) is 6.08 Å². The fourth-order valence-corrected chi connectivity index (χ4v) is 0.0390. The fourth-order valence-electron chi connectivity index (χ4n) is 0.0390. The van der Waals surface area contributed by atoms with E-state index in [1.54, 1.807) is 6.08 Å². The lowest BCUT2D eigenvalue weighted by molar-refractivity contribution is 0.133. The quantitative estimate of drug-likeness (QED) is 0.304. The van der Waals surface area contributed by atoms with Crippen LogP contribution in [-0.4, -0.2) is 11.3 Å². The highest BCUT2D eigenvalue weighted by atomic mass is 16.7. The van der Waals surface area contributed by atoms with E-state index in [9.17, 15) is 0 Å². The van der Waals surface area contributed by atoms with E-state index in [-0.39, 0.29) is 0 Å². The van der Waals surface area contributed by atoms with Crippen molar-refractivity contribution in [2.75, 3.05) is 0 Å². The van der Waals surface area contributed by atoms with Crippen LogP contribution < -0.4 is 0 Å². The lowest BCUT2D eigenvalue weighted by Crippen LogP contribution is -1.90. The lowest BCUT2D eigenvalue weighted by atomic mass is 10.8. The molecule has 0 heterocycles. The number of carboxylic acid groups (broad SMARTS) is 1. The Morgan fingerprint density at radius 2 is 2.33 bits per heavy atom. The maximum atomic E-state index is 9.15. The van der Waals surface area contributed by atoms with Crippen LogP contribution in [0.1, 0.15) is 6.92 Å². The molecule has 0 aromatic heterocycles. The molecule has 0 radical (unpaired) electrons. The molecule has 0 aromatic rings. The molecule has 0 fully saturated rings. The SMILES string of the molecule is C=CC.N#COC(=O)O. The second kappa shape index (κ2) is 9.71. The first-order valence-electron chi connectivity index (χ1n) is 2.05. The van der Waals surface area contributed by atoms with Gasteiger partial charge in [-0.15, -0.1) is 11.8 Å². The van der Waals surface area contributed by atoms with Crippen molar-refractivity contribution in [3.8, 4) is 6.26 Å². The van der Waals surface area contributed by atoms with Crippen LogP contribution in [0.5, 0.6) is 0 Å². The van der Waals surface area contributed by atoms with E-state index < -0.39 is 6.16 Å². The molecule has 0 aliphatic rings. The minimum atomic E-state index is -1.57. The standard InChI is InChI=1S/C3H6.C2HNO3/c1-3-2;3-1-6-2(4)5/h3H,1H2,2H3;(H,4,5). The van der Waals surface area contributed by atoms with Crippen LogP contribution in [0.3, 0.4) is 0 Å². The largest absolute Gasteiger partial charge is 0.521 e. The third kappa shape index (κ3) is 58.5. The Morgan fingerprint density at radius 3 is 2.33 bits per heavy atom. The zero-order valence-corrected chi connectivity index (χ0v) is 5.00. The first kappa shape index (κ1) is 10.5. The Morgan fingerprint density at radius 1 is 2.00 bits per heavy atom. The topological polar surface area (TPSA) is 70.3 Å². The number of carbonyl (C=O) groups is 1. The second-order valence-electron chi connectivity index (χ2n) is 0.868. The van der Waals surface area contributed by atoms with E-state index >= 15 is 0 Å². The Kier molecular flexibility index (Phi) is 11.3. The molecule has 4 heteroatoms. The van der Waals surface area contributed by atoms with Gasteiger partial charge in [0.05, 0.1) is 0 Å². The van der Waals surface area contributed by atoms with Crippen LogP contribution in [0.25, 0.3) is 0 Å². The van der Waals surface area contributed by atoms with Crippen LogP contribution in [-0.2, 0) is 4.74 Å². The van der Waals surface area contributed by atoms with Gasteiger partial charge in [0.15, 0.2) is 0 Å². The van der Waals surface area contributed by atoms with E-state index in [1.807, 2.05) is 6.92 Å². The normalized spacial score (nSPS) is 5.33. The zero-order chi connectivity index (χ0) is 7.70. The van der Waals surface area contributed by atoms with Crippen molar-refractivity contribution < 1.29 is 14.6 Å². The van der Waals surface area contributed by atoms with Gasteiger partial charge in [-0.05, 0) is 6.92 Å². The van der Waals surface area contributed by atoms with Gasteiger partial charge in [0.25, 0.3) is 6.26 Å². The van der Waals surface area contributed by atoms with Crippen molar-refractivity contribution in [3.63, 3.8) is 0 Å². The summed E-state index contributed by atoms with van der Waals surface area (Å²) in [6.07, 6.45) is 1.15. The Balaban J connectivity index is 0. The molecular weight excluding hydrogens is 122 g/mol. The number of nitrogens with zero attached hydrogens (tertiary/aromatic N) is 1. The molecule has 4 nitrogen and oxygen atoms in total. The highest BCUT2D eigenvalue weighted by Gasteiger charge is 1.87. The van der Waals surface area contributed by atoms with E-state index in [0.717, 1.165) is 6.26 Å². The van der Waals surface area contributed by atoms with Crippen molar-refractivity contribution in [2.24, 2.45) is 0 Å². The van der Waals surface area contributed by atoms with Crippen molar-refractivity contribution in [1.82, 2.24) is 0 Å². The van der Waals surface area contributed by atoms with Crippen LogP contribution >= 0.6 is 0 Å². The zero-order valence-electron chi connectivity index (χ0n) is 5.00. The molecule has 0 aromatic carbocycles. The van der Waals surface area contributed by atoms with Crippen molar-refractivity contribution in [2.45, 2.75) is 6.92 Å². The summed E-state index contributed by atoms with van der Waals surface area (Å²) in [6.45, 7) is 5.25. The molecule has 0 spiro atoms. The van der Waals surface area contributed by atoms with E-state index in [4.69, 9.17) is 15.2 Å². The summed E-state index contributed by atoms with van der Waals surface area (Å²) in [5.41, 5.74) is 0. The first-order chi connectivity index (χ1) is 4.18. The van der Waals surface area contributed by atoms with Gasteiger partial charge in [0, 0.05) is 0 Å². The molecule has 0 bridgehead atoms. The lowest BCUT2D eigenvalue weighted by Gasteiger charge is -1.73. The summed E-state index contributed by atoms with van der Waals surface area (Å²) in [5.74, 6) is 0. The molecule has 0 saturated carbocycles. The van der Waals surface area contributed by atoms with Gasteiger partial charge >= 0.3 is 6.16 Å². The molecular formula is C5H7NO3. The summed E-state index contributed by atoms with van der Waals surface area (Å²) >= 11 is 0. The van der Waals surface area contributed by atoms with Crippen LogP contribution in [0, 0.1) is 11.5 Å². The average Bonchev–Trinajstić information content (AvgIpc) is 1.67. The summed E-state index contributed by atoms with van der Waals surface area (Å²) in [6, 6.07) is 0. The van der Waals surface area contributed by atoms with E-state index in [2.05, 4.69) is 11.3 Å². The van der Waals surface area contributed by atoms with Gasteiger partial charge in [-0.2, -0.15) is 0 Å². The predicted molar refractivity (Wildman–Crippen MR) is 30.6 cm³/mol. The molecule has 1 N–H and O–H groups in total. The van der Waals surface area contributed by atoms with Gasteiger partial charge in [0.1, 0.15) is 0 Å².